The Balaban J connectivity index is 1.46. The molecule has 0 unspecified atom stereocenters. The highest BCUT2D eigenvalue weighted by Crippen LogP contribution is 2.21. The van der Waals surface area contributed by atoms with Crippen LogP contribution in [0.15, 0.2) is 70.6 Å². The third-order valence-electron chi connectivity index (χ3n) is 5.03. The molecule has 2 aromatic carbocycles. The molecule has 1 aliphatic heterocycles. The zero-order valence-corrected chi connectivity index (χ0v) is 17.8. The smallest absolute Gasteiger partial charge is 0.257 e. The molecule has 1 aliphatic rings. The van der Waals surface area contributed by atoms with Crippen molar-refractivity contribution in [2.75, 3.05) is 18.5 Å². The lowest BCUT2D eigenvalue weighted by atomic mass is 10.1. The Bertz CT molecular complexity index is 1250. The molecule has 8 nitrogen and oxygen atoms in total. The summed E-state index contributed by atoms with van der Waals surface area (Å²) in [5.41, 5.74) is 2.53. The fourth-order valence-electron chi connectivity index (χ4n) is 3.37. The van der Waals surface area contributed by atoms with Gasteiger partial charge in [-0.3, -0.25) is 5.43 Å². The lowest BCUT2D eigenvalue weighted by molar-refractivity contribution is 0.346. The number of pyridine rings is 1. The maximum atomic E-state index is 12.7. The standard InChI is InChI=1S/C20H22N4O4S2/c25-29(26,18-9-8-16-6-2-3-7-17(16)14-18)23-22-20-11-10-19(15-21-20)30(27,28)24-12-4-1-5-13-24/h2-3,6-11,14-15,23H,1,4-5,12-13H2,(H,21,22). The SMILES string of the molecule is O=S(=O)(NNc1ccc(S(=O)(=O)N2CCCCC2)cn1)c1ccc2ccccc2c1. The molecule has 0 atom stereocenters. The van der Waals surface area contributed by atoms with E-state index in [0.29, 0.717) is 13.1 Å². The quantitative estimate of drug-likeness (QED) is 0.564. The second-order valence-corrected chi connectivity index (χ2v) is 10.7. The molecule has 0 spiro atoms. The number of nitrogens with one attached hydrogen (secondary N) is 2. The van der Waals surface area contributed by atoms with Crippen LogP contribution in [0.1, 0.15) is 19.3 Å². The van der Waals surface area contributed by atoms with Crippen molar-refractivity contribution in [2.24, 2.45) is 0 Å². The van der Waals surface area contributed by atoms with Gasteiger partial charge in [0.05, 0.1) is 4.90 Å². The van der Waals surface area contributed by atoms with Gasteiger partial charge in [-0.05, 0) is 47.9 Å². The van der Waals surface area contributed by atoms with Crippen molar-refractivity contribution in [3.63, 3.8) is 0 Å². The minimum Gasteiger partial charge on any atom is -0.292 e. The van der Waals surface area contributed by atoms with Crippen molar-refractivity contribution in [3.05, 3.63) is 60.8 Å². The van der Waals surface area contributed by atoms with E-state index in [1.54, 1.807) is 12.1 Å². The van der Waals surface area contributed by atoms with E-state index in [0.717, 1.165) is 30.0 Å². The minimum atomic E-state index is -3.83. The van der Waals surface area contributed by atoms with Crippen LogP contribution >= 0.6 is 0 Å². The Kier molecular flexibility index (Phi) is 5.74. The van der Waals surface area contributed by atoms with E-state index in [-0.39, 0.29) is 15.6 Å². The van der Waals surface area contributed by atoms with E-state index in [9.17, 15) is 16.8 Å². The van der Waals surface area contributed by atoms with Gasteiger partial charge < -0.3 is 0 Å². The summed E-state index contributed by atoms with van der Waals surface area (Å²) in [5.74, 6) is 0.192. The van der Waals surface area contributed by atoms with Crippen molar-refractivity contribution in [2.45, 2.75) is 29.1 Å². The van der Waals surface area contributed by atoms with Crippen LogP contribution in [0, 0.1) is 0 Å². The topological polar surface area (TPSA) is 108 Å². The number of nitrogens with zero attached hydrogens (tertiary/aromatic N) is 2. The fraction of sp³-hybridized carbons (Fsp3) is 0.250. The van der Waals surface area contributed by atoms with Crippen molar-refractivity contribution in [1.82, 2.24) is 14.1 Å². The molecule has 158 valence electrons. The Morgan fingerprint density at radius 3 is 2.20 bits per heavy atom. The van der Waals surface area contributed by atoms with Gasteiger partial charge in [0.1, 0.15) is 10.7 Å². The highest BCUT2D eigenvalue weighted by atomic mass is 32.2. The van der Waals surface area contributed by atoms with Crippen LogP contribution in [0.2, 0.25) is 0 Å². The maximum absolute atomic E-state index is 12.7. The van der Waals surface area contributed by atoms with Crippen molar-refractivity contribution >= 4 is 36.6 Å². The summed E-state index contributed by atoms with van der Waals surface area (Å²) in [6.45, 7) is 1.02. The van der Waals surface area contributed by atoms with E-state index in [1.807, 2.05) is 24.3 Å². The zero-order chi connectivity index (χ0) is 21.2. The predicted molar refractivity (Wildman–Crippen MR) is 115 cm³/mol. The van der Waals surface area contributed by atoms with E-state index < -0.39 is 20.0 Å². The molecule has 2 heterocycles. The van der Waals surface area contributed by atoms with Crippen molar-refractivity contribution in [1.29, 1.82) is 0 Å². The van der Waals surface area contributed by atoms with Gasteiger partial charge in [0.25, 0.3) is 10.0 Å². The van der Waals surface area contributed by atoms with E-state index >= 15 is 0 Å². The van der Waals surface area contributed by atoms with Gasteiger partial charge in [0.2, 0.25) is 10.0 Å². The summed E-state index contributed by atoms with van der Waals surface area (Å²) in [7, 11) is -7.41. The van der Waals surface area contributed by atoms with E-state index in [4.69, 9.17) is 0 Å². The number of aromatic nitrogens is 1. The average molecular weight is 447 g/mol. The number of anilines is 1. The number of fused-ring (bicyclic) bond motifs is 1. The summed E-state index contributed by atoms with van der Waals surface area (Å²) in [5, 5.41) is 1.75. The zero-order valence-electron chi connectivity index (χ0n) is 16.2. The number of benzene rings is 2. The third kappa shape index (κ3) is 4.31. The van der Waals surface area contributed by atoms with Gasteiger partial charge in [0, 0.05) is 19.3 Å². The molecule has 0 aliphatic carbocycles. The van der Waals surface area contributed by atoms with Crippen LogP contribution in [0.4, 0.5) is 5.82 Å². The molecule has 30 heavy (non-hydrogen) atoms. The molecule has 3 aromatic rings. The molecule has 1 saturated heterocycles. The first-order chi connectivity index (χ1) is 14.4. The van der Waals surface area contributed by atoms with Crippen LogP contribution in [0.5, 0.6) is 0 Å². The second-order valence-electron chi connectivity index (χ2n) is 7.08. The lowest BCUT2D eigenvalue weighted by Gasteiger charge is -2.25. The number of hydrogen-bond acceptors (Lipinski definition) is 6. The molecular formula is C20H22N4O4S2. The van der Waals surface area contributed by atoms with Gasteiger partial charge in [-0.25, -0.2) is 21.8 Å². The Morgan fingerprint density at radius 1 is 0.800 bits per heavy atom. The molecule has 1 fully saturated rings. The summed E-state index contributed by atoms with van der Waals surface area (Å²) >= 11 is 0. The van der Waals surface area contributed by atoms with Crippen molar-refractivity contribution in [3.8, 4) is 0 Å². The predicted octanol–water partition coefficient (Wildman–Crippen LogP) is 2.71. The molecule has 4 rings (SSSR count). The Labute approximate surface area is 176 Å². The molecule has 0 bridgehead atoms. The molecule has 0 radical (unpaired) electrons. The average Bonchev–Trinajstić information content (AvgIpc) is 2.78. The van der Waals surface area contributed by atoms with Crippen LogP contribution < -0.4 is 10.3 Å². The largest absolute Gasteiger partial charge is 0.292 e. The highest BCUT2D eigenvalue weighted by Gasteiger charge is 2.26. The van der Waals surface area contributed by atoms with Crippen LogP contribution in [0.25, 0.3) is 10.8 Å². The van der Waals surface area contributed by atoms with Crippen LogP contribution in [-0.2, 0) is 20.0 Å². The van der Waals surface area contributed by atoms with Crippen LogP contribution in [-0.4, -0.2) is 39.2 Å². The fourth-order valence-corrected chi connectivity index (χ4v) is 5.72. The molecule has 0 saturated carbocycles. The normalized spacial score (nSPS) is 15.9. The van der Waals surface area contributed by atoms with Gasteiger partial charge in [-0.1, -0.05) is 36.8 Å². The number of rotatable bonds is 6. The monoisotopic (exact) mass is 446 g/mol. The molecule has 2 N–H and O–H groups in total. The second kappa shape index (κ2) is 8.31. The molecule has 0 amide bonds. The number of sulfonamides is 2. The summed E-state index contributed by atoms with van der Waals surface area (Å²) in [6, 6.07) is 15.2. The summed E-state index contributed by atoms with van der Waals surface area (Å²) in [4.78, 5) is 6.52. The van der Waals surface area contributed by atoms with E-state index in [1.165, 1.54) is 28.7 Å². The van der Waals surface area contributed by atoms with Gasteiger partial charge >= 0.3 is 0 Å². The van der Waals surface area contributed by atoms with Gasteiger partial charge in [-0.15, -0.1) is 4.83 Å². The Hall–Kier alpha value is -2.53. The Morgan fingerprint density at radius 2 is 1.50 bits per heavy atom. The first-order valence-corrected chi connectivity index (χ1v) is 12.5. The number of hydrogen-bond donors (Lipinski definition) is 2. The molecular weight excluding hydrogens is 424 g/mol. The maximum Gasteiger partial charge on any atom is 0.257 e. The number of hydrazine groups is 1. The summed E-state index contributed by atoms with van der Waals surface area (Å²) < 4.78 is 51.9. The first-order valence-electron chi connectivity index (χ1n) is 9.59. The minimum absolute atomic E-state index is 0.0901. The molecule has 1 aromatic heterocycles. The van der Waals surface area contributed by atoms with Crippen LogP contribution in [0.3, 0.4) is 0 Å². The van der Waals surface area contributed by atoms with Gasteiger partial charge in [0.15, 0.2) is 0 Å². The number of piperidine rings is 1. The summed E-state index contributed by atoms with van der Waals surface area (Å²) in [6.07, 6.45) is 3.97. The lowest BCUT2D eigenvalue weighted by Crippen LogP contribution is -2.35. The molecule has 10 heteroatoms. The third-order valence-corrected chi connectivity index (χ3v) is 8.16. The highest BCUT2D eigenvalue weighted by molar-refractivity contribution is 7.89. The van der Waals surface area contributed by atoms with Crippen molar-refractivity contribution < 1.29 is 16.8 Å². The first kappa shape index (κ1) is 20.7. The van der Waals surface area contributed by atoms with Gasteiger partial charge in [-0.2, -0.15) is 4.31 Å². The van der Waals surface area contributed by atoms with E-state index in [2.05, 4.69) is 15.2 Å².